The van der Waals surface area contributed by atoms with Crippen LogP contribution in [0.15, 0.2) is 0 Å². The van der Waals surface area contributed by atoms with Crippen LogP contribution in [-0.2, 0) is 14.3 Å². The summed E-state index contributed by atoms with van der Waals surface area (Å²) < 4.78 is 10.2. The first-order valence-corrected chi connectivity index (χ1v) is 5.51. The van der Waals surface area contributed by atoms with Crippen LogP contribution in [0, 0.1) is 11.8 Å². The van der Waals surface area contributed by atoms with Crippen LogP contribution in [0.1, 0.15) is 19.3 Å². The number of hydrogen-bond acceptors (Lipinski definition) is 3. The molecule has 0 aromatic heterocycles. The molecule has 1 aliphatic carbocycles. The van der Waals surface area contributed by atoms with Crippen LogP contribution in [0.2, 0.25) is 0 Å². The molecule has 4 atom stereocenters. The van der Waals surface area contributed by atoms with Gasteiger partial charge in [0.05, 0.1) is 13.7 Å². The van der Waals surface area contributed by atoms with Crippen molar-refractivity contribution in [2.45, 2.75) is 30.7 Å². The molecule has 80 valence electrons. The summed E-state index contributed by atoms with van der Waals surface area (Å²) in [6.07, 6.45) is 2.83. The van der Waals surface area contributed by atoms with Crippen molar-refractivity contribution in [3.05, 3.63) is 0 Å². The quantitative estimate of drug-likeness (QED) is 0.495. The molecule has 0 amide bonds. The molecule has 3 nitrogen and oxygen atoms in total. The molecule has 1 saturated carbocycles. The molecular weight excluding hydrogens is 204 g/mol. The van der Waals surface area contributed by atoms with Gasteiger partial charge in [0.1, 0.15) is 0 Å². The molecule has 0 aromatic rings. The molecular formula is C10H15ClO3. The van der Waals surface area contributed by atoms with Gasteiger partial charge in [0.2, 0.25) is 0 Å². The van der Waals surface area contributed by atoms with Crippen LogP contribution in [0.5, 0.6) is 0 Å². The van der Waals surface area contributed by atoms with Gasteiger partial charge in [-0.2, -0.15) is 0 Å². The molecule has 2 aliphatic rings. The summed E-state index contributed by atoms with van der Waals surface area (Å²) >= 11 is 6.23. The molecule has 1 saturated heterocycles. The number of halogens is 1. The van der Waals surface area contributed by atoms with Crippen LogP contribution < -0.4 is 0 Å². The SMILES string of the molecule is COC(=O)[C@H]1OC[C@@H]2CCC[C@@H](Cl)[C@H]21. The first-order valence-electron chi connectivity index (χ1n) is 5.07. The van der Waals surface area contributed by atoms with E-state index in [9.17, 15) is 4.79 Å². The van der Waals surface area contributed by atoms with Gasteiger partial charge in [0.25, 0.3) is 0 Å². The summed E-state index contributed by atoms with van der Waals surface area (Å²) in [4.78, 5) is 11.4. The van der Waals surface area contributed by atoms with Crippen molar-refractivity contribution in [2.24, 2.45) is 11.8 Å². The van der Waals surface area contributed by atoms with E-state index in [2.05, 4.69) is 0 Å². The lowest BCUT2D eigenvalue weighted by Crippen LogP contribution is -2.37. The van der Waals surface area contributed by atoms with Crippen LogP contribution in [0.3, 0.4) is 0 Å². The molecule has 1 heterocycles. The Balaban J connectivity index is 2.10. The predicted molar refractivity (Wildman–Crippen MR) is 52.2 cm³/mol. The molecule has 14 heavy (non-hydrogen) atoms. The molecule has 2 fully saturated rings. The molecule has 0 radical (unpaired) electrons. The maximum Gasteiger partial charge on any atom is 0.335 e. The highest BCUT2D eigenvalue weighted by Crippen LogP contribution is 2.41. The highest BCUT2D eigenvalue weighted by Gasteiger charge is 2.47. The molecule has 0 aromatic carbocycles. The fraction of sp³-hybridized carbons (Fsp3) is 0.900. The smallest absolute Gasteiger partial charge is 0.335 e. The van der Waals surface area contributed by atoms with Crippen molar-refractivity contribution in [3.8, 4) is 0 Å². The van der Waals surface area contributed by atoms with Crippen molar-refractivity contribution < 1.29 is 14.3 Å². The molecule has 0 N–H and O–H groups in total. The van der Waals surface area contributed by atoms with Gasteiger partial charge in [-0.1, -0.05) is 6.42 Å². The Hall–Kier alpha value is -0.280. The fourth-order valence-electron chi connectivity index (χ4n) is 2.57. The third-order valence-corrected chi connectivity index (χ3v) is 3.80. The number of carbonyl (C=O) groups is 1. The first kappa shape index (κ1) is 10.2. The van der Waals surface area contributed by atoms with E-state index >= 15 is 0 Å². The number of alkyl halides is 1. The van der Waals surface area contributed by atoms with Crippen LogP contribution in [-0.4, -0.2) is 31.2 Å². The van der Waals surface area contributed by atoms with Gasteiger partial charge in [-0.15, -0.1) is 11.6 Å². The van der Waals surface area contributed by atoms with Gasteiger partial charge >= 0.3 is 5.97 Å². The summed E-state index contributed by atoms with van der Waals surface area (Å²) in [6.45, 7) is 0.660. The second-order valence-corrected chi connectivity index (χ2v) is 4.62. The largest absolute Gasteiger partial charge is 0.467 e. The minimum Gasteiger partial charge on any atom is -0.467 e. The number of carbonyl (C=O) groups excluding carboxylic acids is 1. The van der Waals surface area contributed by atoms with Gasteiger partial charge in [-0.05, 0) is 18.8 Å². The maximum atomic E-state index is 11.4. The second-order valence-electron chi connectivity index (χ2n) is 4.06. The van der Waals surface area contributed by atoms with Crippen LogP contribution in [0.25, 0.3) is 0 Å². The van der Waals surface area contributed by atoms with Gasteiger partial charge in [-0.25, -0.2) is 4.79 Å². The van der Waals surface area contributed by atoms with Crippen molar-refractivity contribution in [2.75, 3.05) is 13.7 Å². The van der Waals surface area contributed by atoms with Crippen molar-refractivity contribution in [1.82, 2.24) is 0 Å². The number of esters is 1. The van der Waals surface area contributed by atoms with E-state index in [4.69, 9.17) is 21.1 Å². The Morgan fingerprint density at radius 1 is 1.50 bits per heavy atom. The Morgan fingerprint density at radius 3 is 3.00 bits per heavy atom. The molecule has 4 heteroatoms. The molecule has 2 rings (SSSR count). The molecule has 1 aliphatic heterocycles. The Kier molecular flexibility index (Phi) is 2.98. The number of methoxy groups -OCH3 is 1. The average molecular weight is 219 g/mol. The summed E-state index contributed by atoms with van der Waals surface area (Å²) in [7, 11) is 1.39. The Morgan fingerprint density at radius 2 is 2.29 bits per heavy atom. The summed E-state index contributed by atoms with van der Waals surface area (Å²) in [5.41, 5.74) is 0. The van der Waals surface area contributed by atoms with Crippen molar-refractivity contribution >= 4 is 17.6 Å². The highest BCUT2D eigenvalue weighted by molar-refractivity contribution is 6.21. The van der Waals surface area contributed by atoms with Gasteiger partial charge in [0, 0.05) is 11.3 Å². The Labute approximate surface area is 88.7 Å². The normalized spacial score (nSPS) is 41.9. The number of ether oxygens (including phenoxy) is 2. The van der Waals surface area contributed by atoms with Crippen molar-refractivity contribution in [1.29, 1.82) is 0 Å². The molecule has 0 bridgehead atoms. The van der Waals surface area contributed by atoms with E-state index < -0.39 is 6.10 Å². The predicted octanol–water partition coefficient (Wildman–Crippen LogP) is 1.58. The fourth-order valence-corrected chi connectivity index (χ4v) is 3.06. The summed E-state index contributed by atoms with van der Waals surface area (Å²) in [5, 5.41) is 0.0698. The monoisotopic (exact) mass is 218 g/mol. The molecule has 0 unspecified atom stereocenters. The first-order chi connectivity index (χ1) is 6.74. The Bertz CT molecular complexity index is 231. The van der Waals surface area contributed by atoms with Gasteiger partial charge in [0.15, 0.2) is 6.10 Å². The second kappa shape index (κ2) is 4.07. The average Bonchev–Trinajstić information content (AvgIpc) is 2.62. The lowest BCUT2D eigenvalue weighted by atomic mass is 9.78. The number of hydrogen-bond donors (Lipinski definition) is 0. The summed E-state index contributed by atoms with van der Waals surface area (Å²) in [6, 6.07) is 0. The zero-order valence-corrected chi connectivity index (χ0v) is 9.00. The van der Waals surface area contributed by atoms with E-state index in [-0.39, 0.29) is 17.3 Å². The van der Waals surface area contributed by atoms with Crippen molar-refractivity contribution in [3.63, 3.8) is 0 Å². The standard InChI is InChI=1S/C10H15ClO3/c1-13-10(12)9-8-6(5-14-9)3-2-4-7(8)11/h6-9H,2-5H2,1H3/t6-,7+,8-,9-/m0/s1. The number of fused-ring (bicyclic) bond motifs is 1. The highest BCUT2D eigenvalue weighted by atomic mass is 35.5. The van der Waals surface area contributed by atoms with Crippen LogP contribution >= 0.6 is 11.6 Å². The zero-order valence-electron chi connectivity index (χ0n) is 8.24. The van der Waals surface area contributed by atoms with E-state index in [0.29, 0.717) is 12.5 Å². The van der Waals surface area contributed by atoms with Crippen LogP contribution in [0.4, 0.5) is 0 Å². The van der Waals surface area contributed by atoms with E-state index in [1.165, 1.54) is 7.11 Å². The molecule has 0 spiro atoms. The van der Waals surface area contributed by atoms with E-state index in [1.807, 2.05) is 0 Å². The lowest BCUT2D eigenvalue weighted by Gasteiger charge is -2.30. The third-order valence-electron chi connectivity index (χ3n) is 3.29. The minimum atomic E-state index is -0.423. The lowest BCUT2D eigenvalue weighted by molar-refractivity contribution is -0.153. The van der Waals surface area contributed by atoms with E-state index in [0.717, 1.165) is 19.3 Å². The van der Waals surface area contributed by atoms with Gasteiger partial charge < -0.3 is 9.47 Å². The van der Waals surface area contributed by atoms with E-state index in [1.54, 1.807) is 0 Å². The maximum absolute atomic E-state index is 11.4. The minimum absolute atomic E-state index is 0.0698. The topological polar surface area (TPSA) is 35.5 Å². The third kappa shape index (κ3) is 1.63. The summed E-state index contributed by atoms with van der Waals surface area (Å²) in [5.74, 6) is 0.346. The zero-order chi connectivity index (χ0) is 10.1. The van der Waals surface area contributed by atoms with Gasteiger partial charge in [-0.3, -0.25) is 0 Å². The number of rotatable bonds is 1.